The Balaban J connectivity index is 1.45. The number of nitrogens with zero attached hydrogens (tertiary/aromatic N) is 2. The first kappa shape index (κ1) is 16.5. The second-order valence-corrected chi connectivity index (χ2v) is 6.68. The van der Waals surface area contributed by atoms with Gasteiger partial charge in [-0.1, -0.05) is 30.3 Å². The fourth-order valence-electron chi connectivity index (χ4n) is 3.61. The third-order valence-corrected chi connectivity index (χ3v) is 4.91. The predicted octanol–water partition coefficient (Wildman–Crippen LogP) is -0.0392. The number of fused-ring (bicyclic) bond motifs is 2. The van der Waals surface area contributed by atoms with E-state index in [1.54, 1.807) is 9.80 Å². The summed E-state index contributed by atoms with van der Waals surface area (Å²) < 4.78 is 11.4. The number of carbonyl (C=O) groups is 2. The largest absolute Gasteiger partial charge is 0.339 e. The highest BCUT2D eigenvalue weighted by Crippen LogP contribution is 2.29. The molecule has 0 spiro atoms. The molecule has 25 heavy (non-hydrogen) atoms. The van der Waals surface area contributed by atoms with Gasteiger partial charge in [-0.2, -0.15) is 0 Å². The highest BCUT2D eigenvalue weighted by atomic mass is 16.7. The standard InChI is InChI=1S/C18H23N3O4/c22-17(20-9-4-7-19-8-10-20)15-16-18(23)21(12-14(24-15)25-16)11-13-5-2-1-3-6-13/h1-3,5-6,14-16,19H,4,7-12H2/t14-,15+,16-/m0/s1. The van der Waals surface area contributed by atoms with E-state index in [0.29, 0.717) is 26.2 Å². The van der Waals surface area contributed by atoms with E-state index in [1.165, 1.54) is 0 Å². The van der Waals surface area contributed by atoms with Crippen LogP contribution in [0.1, 0.15) is 12.0 Å². The molecule has 0 aliphatic carbocycles. The van der Waals surface area contributed by atoms with Gasteiger partial charge in [0.2, 0.25) is 0 Å². The fraction of sp³-hybridized carbons (Fsp3) is 0.556. The van der Waals surface area contributed by atoms with Crippen molar-refractivity contribution in [2.24, 2.45) is 0 Å². The van der Waals surface area contributed by atoms with Crippen LogP contribution in [-0.4, -0.2) is 72.8 Å². The molecule has 4 rings (SSSR count). The highest BCUT2D eigenvalue weighted by Gasteiger charge is 2.52. The van der Waals surface area contributed by atoms with Crippen LogP contribution in [0.5, 0.6) is 0 Å². The molecule has 0 saturated carbocycles. The Kier molecular flexibility index (Phi) is 4.70. The van der Waals surface area contributed by atoms with E-state index < -0.39 is 18.5 Å². The number of benzene rings is 1. The molecule has 3 aliphatic rings. The first-order valence-corrected chi connectivity index (χ1v) is 8.85. The average Bonchev–Trinajstić information content (AvgIpc) is 2.80. The molecule has 2 amide bonds. The molecule has 3 aliphatic heterocycles. The van der Waals surface area contributed by atoms with Crippen molar-refractivity contribution in [2.45, 2.75) is 31.5 Å². The lowest BCUT2D eigenvalue weighted by Crippen LogP contribution is -2.52. The summed E-state index contributed by atoms with van der Waals surface area (Å²) in [6.45, 7) is 3.86. The Hall–Kier alpha value is -1.96. The molecule has 3 fully saturated rings. The molecule has 134 valence electrons. The summed E-state index contributed by atoms with van der Waals surface area (Å²) in [5, 5.41) is 3.27. The Morgan fingerprint density at radius 1 is 1.16 bits per heavy atom. The minimum atomic E-state index is -0.828. The topological polar surface area (TPSA) is 71.1 Å². The second-order valence-electron chi connectivity index (χ2n) is 6.68. The van der Waals surface area contributed by atoms with Crippen molar-refractivity contribution in [3.05, 3.63) is 35.9 Å². The van der Waals surface area contributed by atoms with Crippen molar-refractivity contribution in [1.82, 2.24) is 15.1 Å². The van der Waals surface area contributed by atoms with Gasteiger partial charge in [-0.3, -0.25) is 9.59 Å². The van der Waals surface area contributed by atoms with E-state index in [-0.39, 0.29) is 11.8 Å². The van der Waals surface area contributed by atoms with Crippen LogP contribution in [0.15, 0.2) is 30.3 Å². The van der Waals surface area contributed by atoms with Gasteiger partial charge in [0, 0.05) is 26.2 Å². The second kappa shape index (κ2) is 7.11. The summed E-state index contributed by atoms with van der Waals surface area (Å²) in [6.07, 6.45) is -1.27. The van der Waals surface area contributed by atoms with Crippen molar-refractivity contribution < 1.29 is 19.1 Å². The molecule has 2 bridgehead atoms. The van der Waals surface area contributed by atoms with Gasteiger partial charge in [0.25, 0.3) is 11.8 Å². The van der Waals surface area contributed by atoms with Crippen LogP contribution in [0.4, 0.5) is 0 Å². The number of carbonyl (C=O) groups excluding carboxylic acids is 2. The van der Waals surface area contributed by atoms with E-state index in [1.807, 2.05) is 30.3 Å². The molecule has 0 radical (unpaired) electrons. The summed E-state index contributed by atoms with van der Waals surface area (Å²) in [4.78, 5) is 29.1. The van der Waals surface area contributed by atoms with E-state index in [4.69, 9.17) is 9.47 Å². The molecule has 7 nitrogen and oxygen atoms in total. The fourth-order valence-corrected chi connectivity index (χ4v) is 3.61. The zero-order valence-corrected chi connectivity index (χ0v) is 14.1. The van der Waals surface area contributed by atoms with Crippen molar-refractivity contribution in [3.8, 4) is 0 Å². The maximum absolute atomic E-state index is 12.8. The first-order chi connectivity index (χ1) is 12.2. The lowest BCUT2D eigenvalue weighted by molar-refractivity contribution is -0.162. The first-order valence-electron chi connectivity index (χ1n) is 8.85. The van der Waals surface area contributed by atoms with Crippen LogP contribution in [0.25, 0.3) is 0 Å². The maximum Gasteiger partial charge on any atom is 0.255 e. The summed E-state index contributed by atoms with van der Waals surface area (Å²) in [6, 6.07) is 9.81. The number of amides is 2. The lowest BCUT2D eigenvalue weighted by atomic mass is 10.1. The Morgan fingerprint density at radius 2 is 2.00 bits per heavy atom. The number of hydrogen-bond acceptors (Lipinski definition) is 5. The minimum absolute atomic E-state index is 0.133. The van der Waals surface area contributed by atoms with Crippen LogP contribution in [0.2, 0.25) is 0 Å². The third kappa shape index (κ3) is 3.40. The number of nitrogens with one attached hydrogen (secondary N) is 1. The molecule has 0 unspecified atom stereocenters. The van der Waals surface area contributed by atoms with E-state index in [0.717, 1.165) is 25.1 Å². The Bertz CT molecular complexity index is 630. The highest BCUT2D eigenvalue weighted by molar-refractivity contribution is 5.92. The van der Waals surface area contributed by atoms with Gasteiger partial charge in [-0.05, 0) is 18.5 Å². The molecule has 3 atom stereocenters. The summed E-state index contributed by atoms with van der Waals surface area (Å²) in [7, 11) is 0. The number of rotatable bonds is 3. The van der Waals surface area contributed by atoms with E-state index in [9.17, 15) is 9.59 Å². The zero-order chi connectivity index (χ0) is 17.2. The van der Waals surface area contributed by atoms with Crippen LogP contribution >= 0.6 is 0 Å². The van der Waals surface area contributed by atoms with Gasteiger partial charge in [-0.15, -0.1) is 0 Å². The van der Waals surface area contributed by atoms with Gasteiger partial charge in [0.15, 0.2) is 18.5 Å². The Morgan fingerprint density at radius 3 is 2.84 bits per heavy atom. The minimum Gasteiger partial charge on any atom is -0.339 e. The molecule has 0 aromatic heterocycles. The van der Waals surface area contributed by atoms with Crippen LogP contribution < -0.4 is 5.32 Å². The zero-order valence-electron chi connectivity index (χ0n) is 14.1. The lowest BCUT2D eigenvalue weighted by Gasteiger charge is -2.31. The maximum atomic E-state index is 12.8. The molecule has 3 heterocycles. The van der Waals surface area contributed by atoms with Gasteiger partial charge in [0.1, 0.15) is 0 Å². The van der Waals surface area contributed by atoms with Crippen molar-refractivity contribution >= 4 is 11.8 Å². The van der Waals surface area contributed by atoms with Gasteiger partial charge >= 0.3 is 0 Å². The molecule has 7 heteroatoms. The average molecular weight is 345 g/mol. The monoisotopic (exact) mass is 345 g/mol. The van der Waals surface area contributed by atoms with Crippen molar-refractivity contribution in [1.29, 1.82) is 0 Å². The van der Waals surface area contributed by atoms with E-state index >= 15 is 0 Å². The van der Waals surface area contributed by atoms with Gasteiger partial charge in [-0.25, -0.2) is 0 Å². The normalized spacial score (nSPS) is 29.6. The number of ether oxygens (including phenoxy) is 2. The molecule has 1 aromatic carbocycles. The SMILES string of the molecule is O=C1[C@H]2O[C@@H](CN1Cc1ccccc1)O[C@H]2C(=O)N1CCCNCC1. The van der Waals surface area contributed by atoms with Crippen molar-refractivity contribution in [3.63, 3.8) is 0 Å². The summed E-state index contributed by atoms with van der Waals surface area (Å²) >= 11 is 0. The summed E-state index contributed by atoms with van der Waals surface area (Å²) in [5.41, 5.74) is 1.05. The van der Waals surface area contributed by atoms with Gasteiger partial charge in [0.05, 0.1) is 6.54 Å². The quantitative estimate of drug-likeness (QED) is 0.832. The third-order valence-electron chi connectivity index (χ3n) is 4.91. The predicted molar refractivity (Wildman–Crippen MR) is 89.5 cm³/mol. The molecule has 1 aromatic rings. The van der Waals surface area contributed by atoms with E-state index in [2.05, 4.69) is 5.32 Å². The number of hydrogen-bond donors (Lipinski definition) is 1. The van der Waals surface area contributed by atoms with Crippen LogP contribution in [-0.2, 0) is 25.6 Å². The van der Waals surface area contributed by atoms with Crippen LogP contribution in [0.3, 0.4) is 0 Å². The van der Waals surface area contributed by atoms with Gasteiger partial charge < -0.3 is 24.6 Å². The molecular formula is C18H23N3O4. The smallest absolute Gasteiger partial charge is 0.255 e. The molecular weight excluding hydrogens is 322 g/mol. The molecule has 3 saturated heterocycles. The molecule has 1 N–H and O–H groups in total. The summed E-state index contributed by atoms with van der Waals surface area (Å²) in [5.74, 6) is -0.296. The Labute approximate surface area is 146 Å². The number of morpholine rings is 1. The van der Waals surface area contributed by atoms with Crippen LogP contribution in [0, 0.1) is 0 Å². The van der Waals surface area contributed by atoms with Crippen molar-refractivity contribution in [2.75, 3.05) is 32.7 Å².